The molecule has 0 N–H and O–H groups in total. The molecule has 18 heavy (non-hydrogen) atoms. The molecule has 0 amide bonds. The minimum atomic E-state index is 1.19. The van der Waals surface area contributed by atoms with E-state index in [0.29, 0.717) is 0 Å². The Balaban J connectivity index is 2.29. The van der Waals surface area contributed by atoms with Crippen molar-refractivity contribution < 1.29 is 0 Å². The first-order chi connectivity index (χ1) is 8.58. The molecule has 0 atom stereocenters. The number of rotatable bonds is 0. The quantitative estimate of drug-likeness (QED) is 0.622. The van der Waals surface area contributed by atoms with Crippen molar-refractivity contribution in [1.82, 2.24) is 0 Å². The van der Waals surface area contributed by atoms with Crippen molar-refractivity contribution in [2.75, 3.05) is 0 Å². The largest absolute Gasteiger partial charge is 0.0584 e. The van der Waals surface area contributed by atoms with Crippen molar-refractivity contribution in [3.8, 4) is 11.1 Å². The van der Waals surface area contributed by atoms with Crippen LogP contribution in [0.25, 0.3) is 11.1 Å². The molecule has 0 aromatic heterocycles. The SMILES string of the molecule is Cc1cc2c(cc1C)-c1ccc(C)c(C)c1CC2. The Morgan fingerprint density at radius 2 is 1.44 bits per heavy atom. The summed E-state index contributed by atoms with van der Waals surface area (Å²) in [5, 5.41) is 0. The maximum absolute atomic E-state index is 2.38. The molecule has 2 aromatic rings. The second kappa shape index (κ2) is 3.98. The van der Waals surface area contributed by atoms with E-state index >= 15 is 0 Å². The van der Waals surface area contributed by atoms with Crippen LogP contribution in [0.5, 0.6) is 0 Å². The van der Waals surface area contributed by atoms with E-state index in [-0.39, 0.29) is 0 Å². The normalized spacial score (nSPS) is 13.1. The van der Waals surface area contributed by atoms with Crippen molar-refractivity contribution >= 4 is 0 Å². The lowest BCUT2D eigenvalue weighted by molar-refractivity contribution is 0.924. The van der Waals surface area contributed by atoms with Crippen LogP contribution >= 0.6 is 0 Å². The minimum Gasteiger partial charge on any atom is -0.0584 e. The van der Waals surface area contributed by atoms with Crippen LogP contribution in [0.1, 0.15) is 33.4 Å². The van der Waals surface area contributed by atoms with Crippen LogP contribution in [0, 0.1) is 27.7 Å². The molecular formula is C18H20. The van der Waals surface area contributed by atoms with E-state index in [2.05, 4.69) is 52.0 Å². The van der Waals surface area contributed by atoms with Crippen LogP contribution in [0.15, 0.2) is 24.3 Å². The van der Waals surface area contributed by atoms with Crippen LogP contribution in [-0.2, 0) is 12.8 Å². The maximum atomic E-state index is 2.38. The van der Waals surface area contributed by atoms with Crippen LogP contribution < -0.4 is 0 Å². The fourth-order valence-corrected chi connectivity index (χ4v) is 3.04. The minimum absolute atomic E-state index is 1.19. The van der Waals surface area contributed by atoms with Crippen LogP contribution in [0.4, 0.5) is 0 Å². The lowest BCUT2D eigenvalue weighted by atomic mass is 9.81. The summed E-state index contributed by atoms with van der Waals surface area (Å²) in [4.78, 5) is 0. The zero-order valence-corrected chi connectivity index (χ0v) is 11.7. The molecule has 0 bridgehead atoms. The number of aryl methyl sites for hydroxylation is 4. The van der Waals surface area contributed by atoms with Crippen molar-refractivity contribution in [3.63, 3.8) is 0 Å². The van der Waals surface area contributed by atoms with Gasteiger partial charge in [-0.3, -0.25) is 0 Å². The molecule has 1 aliphatic carbocycles. The maximum Gasteiger partial charge on any atom is -0.0146 e. The highest BCUT2D eigenvalue weighted by atomic mass is 14.2. The average Bonchev–Trinajstić information content (AvgIpc) is 2.35. The van der Waals surface area contributed by atoms with Gasteiger partial charge < -0.3 is 0 Å². The molecule has 0 saturated heterocycles. The first kappa shape index (κ1) is 11.5. The highest BCUT2D eigenvalue weighted by Crippen LogP contribution is 2.37. The van der Waals surface area contributed by atoms with Crippen molar-refractivity contribution in [2.45, 2.75) is 40.5 Å². The zero-order valence-electron chi connectivity index (χ0n) is 11.7. The van der Waals surface area contributed by atoms with Gasteiger partial charge in [-0.1, -0.05) is 24.3 Å². The van der Waals surface area contributed by atoms with Gasteiger partial charge in [-0.05, 0) is 85.0 Å². The van der Waals surface area contributed by atoms with E-state index in [0.717, 1.165) is 0 Å². The van der Waals surface area contributed by atoms with E-state index in [9.17, 15) is 0 Å². The Hall–Kier alpha value is -1.56. The van der Waals surface area contributed by atoms with E-state index < -0.39 is 0 Å². The van der Waals surface area contributed by atoms with Crippen molar-refractivity contribution in [1.29, 1.82) is 0 Å². The van der Waals surface area contributed by atoms with Crippen LogP contribution in [0.2, 0.25) is 0 Å². The fourth-order valence-electron chi connectivity index (χ4n) is 3.04. The predicted molar refractivity (Wildman–Crippen MR) is 78.2 cm³/mol. The lowest BCUT2D eigenvalue weighted by Crippen LogP contribution is -2.07. The third kappa shape index (κ3) is 1.59. The summed E-state index contributed by atoms with van der Waals surface area (Å²) in [7, 11) is 0. The molecule has 0 spiro atoms. The summed E-state index contributed by atoms with van der Waals surface area (Å²) >= 11 is 0. The van der Waals surface area contributed by atoms with Gasteiger partial charge in [0.05, 0.1) is 0 Å². The molecule has 2 aromatic carbocycles. The smallest absolute Gasteiger partial charge is 0.0146 e. The Kier molecular flexibility index (Phi) is 2.55. The number of hydrogen-bond donors (Lipinski definition) is 0. The van der Waals surface area contributed by atoms with Crippen LogP contribution in [0.3, 0.4) is 0 Å². The highest BCUT2D eigenvalue weighted by molar-refractivity contribution is 5.75. The third-order valence-electron chi connectivity index (χ3n) is 4.52. The van der Waals surface area contributed by atoms with E-state index in [1.165, 1.54) is 51.8 Å². The second-order valence-electron chi connectivity index (χ2n) is 5.63. The predicted octanol–water partition coefficient (Wildman–Crippen LogP) is 4.69. The summed E-state index contributed by atoms with van der Waals surface area (Å²) in [5.74, 6) is 0. The molecule has 0 nitrogen and oxygen atoms in total. The Morgan fingerprint density at radius 3 is 2.22 bits per heavy atom. The molecular weight excluding hydrogens is 216 g/mol. The van der Waals surface area contributed by atoms with Crippen LogP contribution in [-0.4, -0.2) is 0 Å². The number of benzene rings is 2. The summed E-state index contributed by atoms with van der Waals surface area (Å²) in [6.07, 6.45) is 2.38. The first-order valence-electron chi connectivity index (χ1n) is 6.77. The fraction of sp³-hybridized carbons (Fsp3) is 0.333. The highest BCUT2D eigenvalue weighted by Gasteiger charge is 2.18. The van der Waals surface area contributed by atoms with E-state index in [1.807, 2.05) is 0 Å². The van der Waals surface area contributed by atoms with Gasteiger partial charge in [0.1, 0.15) is 0 Å². The van der Waals surface area contributed by atoms with Crippen molar-refractivity contribution in [2.24, 2.45) is 0 Å². The Labute approximate surface area is 110 Å². The van der Waals surface area contributed by atoms with Crippen molar-refractivity contribution in [3.05, 3.63) is 57.6 Å². The van der Waals surface area contributed by atoms with Gasteiger partial charge in [-0.25, -0.2) is 0 Å². The molecule has 0 heteroatoms. The third-order valence-corrected chi connectivity index (χ3v) is 4.52. The second-order valence-corrected chi connectivity index (χ2v) is 5.63. The molecule has 0 heterocycles. The van der Waals surface area contributed by atoms with Gasteiger partial charge >= 0.3 is 0 Å². The molecule has 1 aliphatic rings. The average molecular weight is 236 g/mol. The number of hydrogen-bond acceptors (Lipinski definition) is 0. The zero-order chi connectivity index (χ0) is 12.9. The summed E-state index contributed by atoms with van der Waals surface area (Å²) < 4.78 is 0. The van der Waals surface area contributed by atoms with E-state index in [4.69, 9.17) is 0 Å². The summed E-state index contributed by atoms with van der Waals surface area (Å²) in [5.41, 5.74) is 11.7. The number of fused-ring (bicyclic) bond motifs is 3. The standard InChI is InChI=1S/C18H20/c1-11-5-7-17-16(14(11)4)8-6-15-9-12(2)13(3)10-18(15)17/h5,7,9-10H,6,8H2,1-4H3. The van der Waals surface area contributed by atoms with Gasteiger partial charge in [0.25, 0.3) is 0 Å². The molecule has 0 unspecified atom stereocenters. The Morgan fingerprint density at radius 1 is 0.722 bits per heavy atom. The van der Waals surface area contributed by atoms with Gasteiger partial charge in [0.2, 0.25) is 0 Å². The van der Waals surface area contributed by atoms with Gasteiger partial charge in [-0.2, -0.15) is 0 Å². The topological polar surface area (TPSA) is 0 Å². The van der Waals surface area contributed by atoms with Gasteiger partial charge in [-0.15, -0.1) is 0 Å². The van der Waals surface area contributed by atoms with E-state index in [1.54, 1.807) is 5.56 Å². The molecule has 0 saturated carbocycles. The monoisotopic (exact) mass is 236 g/mol. The molecule has 3 rings (SSSR count). The molecule has 92 valence electrons. The summed E-state index contributed by atoms with van der Waals surface area (Å²) in [6, 6.07) is 9.32. The molecule has 0 radical (unpaired) electrons. The molecule has 0 fully saturated rings. The lowest BCUT2D eigenvalue weighted by Gasteiger charge is -2.24. The Bertz CT molecular complexity index is 633. The molecule has 0 aliphatic heterocycles. The first-order valence-corrected chi connectivity index (χ1v) is 6.77. The summed E-state index contributed by atoms with van der Waals surface area (Å²) in [6.45, 7) is 8.90. The van der Waals surface area contributed by atoms with Gasteiger partial charge in [0.15, 0.2) is 0 Å². The van der Waals surface area contributed by atoms with Gasteiger partial charge in [0, 0.05) is 0 Å².